The molecule has 0 aliphatic carbocycles. The van der Waals surface area contributed by atoms with Crippen LogP contribution in [-0.4, -0.2) is 36.4 Å². The number of ether oxygens (including phenoxy) is 1. The van der Waals surface area contributed by atoms with Gasteiger partial charge >= 0.3 is 11.3 Å². The Morgan fingerprint density at radius 1 is 1.11 bits per heavy atom. The molecule has 0 saturated carbocycles. The zero-order valence-corrected chi connectivity index (χ0v) is 15.0. The molecule has 146 valence electrons. The van der Waals surface area contributed by atoms with E-state index in [0.717, 1.165) is 0 Å². The van der Waals surface area contributed by atoms with Gasteiger partial charge in [-0.3, -0.25) is 9.59 Å². The van der Waals surface area contributed by atoms with E-state index in [1.165, 1.54) is 0 Å². The summed E-state index contributed by atoms with van der Waals surface area (Å²) in [6.07, 6.45) is 0. The first-order chi connectivity index (χ1) is 13.3. The monoisotopic (exact) mass is 410 g/mol. The summed E-state index contributed by atoms with van der Waals surface area (Å²) in [5.74, 6) is -1.05. The van der Waals surface area contributed by atoms with E-state index in [9.17, 15) is 18.4 Å². The van der Waals surface area contributed by atoms with Gasteiger partial charge in [-0.25, -0.2) is 0 Å². The van der Waals surface area contributed by atoms with Crippen LogP contribution in [0.1, 0.15) is 5.89 Å². The molecule has 28 heavy (non-hydrogen) atoms. The van der Waals surface area contributed by atoms with Crippen molar-refractivity contribution in [1.29, 1.82) is 0 Å². The van der Waals surface area contributed by atoms with Crippen molar-refractivity contribution < 1.29 is 18.0 Å². The predicted octanol–water partition coefficient (Wildman–Crippen LogP) is 2.20. The van der Waals surface area contributed by atoms with Gasteiger partial charge in [0.15, 0.2) is 0 Å². The molecule has 1 saturated heterocycles. The lowest BCUT2D eigenvalue weighted by Gasteiger charge is -2.30. The first-order valence-electron chi connectivity index (χ1n) is 8.29. The van der Waals surface area contributed by atoms with Gasteiger partial charge in [0.1, 0.15) is 11.4 Å². The van der Waals surface area contributed by atoms with Crippen molar-refractivity contribution in [2.24, 2.45) is 0 Å². The zero-order valence-electron chi connectivity index (χ0n) is 14.2. The van der Waals surface area contributed by atoms with Crippen molar-refractivity contribution in [2.75, 3.05) is 36.5 Å². The molecule has 3 aromatic rings. The van der Waals surface area contributed by atoms with Gasteiger partial charge in [-0.1, -0.05) is 5.16 Å². The second-order valence-corrected chi connectivity index (χ2v) is 6.58. The number of anilines is 3. The fourth-order valence-corrected chi connectivity index (χ4v) is 2.96. The molecular weight excluding hydrogens is 398 g/mol. The van der Waals surface area contributed by atoms with Crippen LogP contribution in [0.15, 0.2) is 38.4 Å². The molecule has 2 aromatic carbocycles. The highest BCUT2D eigenvalue weighted by molar-refractivity contribution is 6.21. The quantitative estimate of drug-likeness (QED) is 0.505. The van der Waals surface area contributed by atoms with E-state index in [2.05, 4.69) is 20.0 Å². The molecule has 1 aliphatic heterocycles. The van der Waals surface area contributed by atoms with E-state index in [1.807, 2.05) is 4.90 Å². The standard InChI is InChI=1S/C17H13ClF2N4O4/c18-17(19,20)16-22-15(23-28-16)9-1-3-10(4-2-9)21-11-12(14(26)13(11)25)24-5-7-27-8-6-24/h1-4,21H,5-8H2. The molecule has 11 heteroatoms. The molecule has 0 unspecified atom stereocenters. The minimum absolute atomic E-state index is 0.0509. The summed E-state index contributed by atoms with van der Waals surface area (Å²) in [4.78, 5) is 29.3. The van der Waals surface area contributed by atoms with Gasteiger partial charge in [-0.05, 0) is 35.9 Å². The molecule has 0 bridgehead atoms. The number of hydrogen-bond acceptors (Lipinski definition) is 8. The molecule has 1 N–H and O–H groups in total. The van der Waals surface area contributed by atoms with Gasteiger partial charge in [-0.2, -0.15) is 13.8 Å². The zero-order chi connectivity index (χ0) is 19.9. The van der Waals surface area contributed by atoms with E-state index in [0.29, 0.717) is 43.2 Å². The third-order valence-electron chi connectivity index (χ3n) is 4.29. The van der Waals surface area contributed by atoms with E-state index in [-0.39, 0.29) is 11.5 Å². The second-order valence-electron chi connectivity index (χ2n) is 6.10. The van der Waals surface area contributed by atoms with Crippen LogP contribution in [0, 0.1) is 0 Å². The van der Waals surface area contributed by atoms with Gasteiger partial charge in [0.25, 0.3) is 10.9 Å². The Kier molecular flexibility index (Phi) is 4.60. The molecule has 0 spiro atoms. The highest BCUT2D eigenvalue weighted by Crippen LogP contribution is 2.32. The van der Waals surface area contributed by atoms with Crippen LogP contribution in [0.5, 0.6) is 0 Å². The summed E-state index contributed by atoms with van der Waals surface area (Å²) in [5.41, 5.74) is 0.421. The summed E-state index contributed by atoms with van der Waals surface area (Å²) in [6.45, 7) is 2.04. The van der Waals surface area contributed by atoms with Crippen molar-refractivity contribution >= 4 is 28.7 Å². The topological polar surface area (TPSA) is 97.6 Å². The lowest BCUT2D eigenvalue weighted by Crippen LogP contribution is -2.46. The van der Waals surface area contributed by atoms with Crippen molar-refractivity contribution in [3.63, 3.8) is 0 Å². The molecule has 1 fully saturated rings. The number of halogens is 3. The number of morpholine rings is 1. The Balaban J connectivity index is 1.53. The summed E-state index contributed by atoms with van der Waals surface area (Å²) in [6, 6.07) is 6.32. The van der Waals surface area contributed by atoms with Crippen LogP contribution >= 0.6 is 11.6 Å². The molecule has 1 aliphatic rings. The number of rotatable bonds is 5. The third-order valence-corrected chi connectivity index (χ3v) is 4.46. The Labute approximate surface area is 161 Å². The third kappa shape index (κ3) is 3.36. The van der Waals surface area contributed by atoms with Crippen molar-refractivity contribution in [3.8, 4) is 11.4 Å². The molecule has 2 heterocycles. The molecule has 0 amide bonds. The number of alkyl halides is 3. The summed E-state index contributed by atoms with van der Waals surface area (Å²) < 4.78 is 35.7. The molecular formula is C17H13ClF2N4O4. The largest absolute Gasteiger partial charge is 0.400 e. The second kappa shape index (κ2) is 6.95. The minimum atomic E-state index is -3.74. The van der Waals surface area contributed by atoms with Crippen molar-refractivity contribution in [2.45, 2.75) is 5.38 Å². The van der Waals surface area contributed by atoms with Gasteiger partial charge < -0.3 is 19.5 Å². The van der Waals surface area contributed by atoms with Crippen LogP contribution in [0.2, 0.25) is 0 Å². The first kappa shape index (κ1) is 18.5. The predicted molar refractivity (Wildman–Crippen MR) is 97.1 cm³/mol. The van der Waals surface area contributed by atoms with E-state index < -0.39 is 22.1 Å². The Hall–Kier alpha value is -2.85. The maximum Gasteiger partial charge on any atom is 0.400 e. The van der Waals surface area contributed by atoms with Crippen LogP contribution in [0.25, 0.3) is 11.4 Å². The average molecular weight is 411 g/mol. The Morgan fingerprint density at radius 3 is 2.39 bits per heavy atom. The fourth-order valence-electron chi connectivity index (χ4n) is 2.89. The van der Waals surface area contributed by atoms with Crippen LogP contribution in [-0.2, 0) is 10.1 Å². The highest BCUT2D eigenvalue weighted by Gasteiger charge is 2.35. The Morgan fingerprint density at radius 2 is 1.79 bits per heavy atom. The molecule has 0 radical (unpaired) electrons. The smallest absolute Gasteiger partial charge is 0.378 e. The number of nitrogens with zero attached hydrogens (tertiary/aromatic N) is 3. The van der Waals surface area contributed by atoms with Crippen molar-refractivity contribution in [3.05, 3.63) is 50.6 Å². The number of hydrogen-bond donors (Lipinski definition) is 1. The molecule has 1 aromatic heterocycles. The SMILES string of the molecule is O=c1c(Nc2ccc(-c3noc(C(F)(F)Cl)n3)cc2)c(N2CCOCC2)c1=O. The van der Waals surface area contributed by atoms with Crippen LogP contribution < -0.4 is 21.1 Å². The number of aromatic nitrogens is 2. The summed E-state index contributed by atoms with van der Waals surface area (Å²) in [5, 5.41) is 2.66. The van der Waals surface area contributed by atoms with Gasteiger partial charge in [0.2, 0.25) is 5.82 Å². The maximum atomic E-state index is 13.0. The first-order valence-corrected chi connectivity index (χ1v) is 8.67. The molecule has 8 nitrogen and oxygen atoms in total. The van der Waals surface area contributed by atoms with Gasteiger partial charge in [-0.15, -0.1) is 0 Å². The maximum absolute atomic E-state index is 13.0. The van der Waals surface area contributed by atoms with Crippen LogP contribution in [0.3, 0.4) is 0 Å². The molecule has 4 rings (SSSR count). The van der Waals surface area contributed by atoms with E-state index >= 15 is 0 Å². The lowest BCUT2D eigenvalue weighted by atomic mass is 10.1. The molecule has 0 atom stereocenters. The van der Waals surface area contributed by atoms with Crippen LogP contribution in [0.4, 0.5) is 25.8 Å². The van der Waals surface area contributed by atoms with Gasteiger partial charge in [0.05, 0.1) is 13.2 Å². The van der Waals surface area contributed by atoms with E-state index in [1.54, 1.807) is 24.3 Å². The van der Waals surface area contributed by atoms with Crippen molar-refractivity contribution in [1.82, 2.24) is 10.1 Å². The fraction of sp³-hybridized carbons (Fsp3) is 0.294. The summed E-state index contributed by atoms with van der Waals surface area (Å²) in [7, 11) is 0. The Bertz CT molecular complexity index is 1060. The summed E-state index contributed by atoms with van der Waals surface area (Å²) >= 11 is 4.85. The van der Waals surface area contributed by atoms with E-state index in [4.69, 9.17) is 16.3 Å². The normalized spacial score (nSPS) is 15.2. The number of benzene rings is 1. The van der Waals surface area contributed by atoms with Gasteiger partial charge in [0, 0.05) is 24.3 Å². The lowest BCUT2D eigenvalue weighted by molar-refractivity contribution is 0.0551. The minimum Gasteiger partial charge on any atom is -0.378 e. The average Bonchev–Trinajstić information content (AvgIpc) is 3.19. The number of nitrogens with one attached hydrogen (secondary N) is 1. The highest BCUT2D eigenvalue weighted by atomic mass is 35.5.